The topological polar surface area (TPSA) is 37.3 Å². The lowest BCUT2D eigenvalue weighted by Gasteiger charge is -2.10. The predicted octanol–water partition coefficient (Wildman–Crippen LogP) is 3.60. The highest BCUT2D eigenvalue weighted by atomic mass is 31.1. The minimum atomic E-state index is -2.76. The van der Waals surface area contributed by atoms with Gasteiger partial charge in [0, 0.05) is 5.30 Å². The molecule has 0 radical (unpaired) electrons. The van der Waals surface area contributed by atoms with Gasteiger partial charge in [0.15, 0.2) is 0 Å². The summed E-state index contributed by atoms with van der Waals surface area (Å²) < 4.78 is 11.8. The van der Waals surface area contributed by atoms with Crippen molar-refractivity contribution in [2.45, 2.75) is 0 Å². The summed E-state index contributed by atoms with van der Waals surface area (Å²) in [4.78, 5) is 9.71. The van der Waals surface area contributed by atoms with E-state index in [-0.39, 0.29) is 0 Å². The zero-order valence-electron chi connectivity index (χ0n) is 10.2. The Hall–Kier alpha value is -1.89. The second-order valence-electron chi connectivity index (χ2n) is 4.38. The van der Waals surface area contributed by atoms with Crippen molar-refractivity contribution in [2.75, 3.05) is 0 Å². The molecule has 1 unspecified atom stereocenters. The van der Waals surface area contributed by atoms with Crippen LogP contribution in [0.1, 0.15) is 0 Å². The van der Waals surface area contributed by atoms with Crippen molar-refractivity contribution in [2.24, 2.45) is 0 Å². The second kappa shape index (κ2) is 5.00. The third-order valence-corrected chi connectivity index (χ3v) is 4.19. The Bertz CT molecular complexity index is 751. The minimum Gasteiger partial charge on any atom is -0.343 e. The second-order valence-corrected chi connectivity index (χ2v) is 5.49. The zero-order valence-corrected chi connectivity index (χ0v) is 11.2. The lowest BCUT2D eigenvalue weighted by molar-refractivity contribution is 0.513. The largest absolute Gasteiger partial charge is 0.343 e. The first-order valence-corrected chi connectivity index (χ1v) is 7.43. The van der Waals surface area contributed by atoms with Gasteiger partial charge in [0.1, 0.15) is 0 Å². The molecule has 0 aromatic heterocycles. The van der Waals surface area contributed by atoms with Gasteiger partial charge in [-0.25, -0.2) is 0 Å². The third-order valence-electron chi connectivity index (χ3n) is 3.23. The van der Waals surface area contributed by atoms with Crippen LogP contribution in [-0.2, 0) is 4.57 Å². The average Bonchev–Trinajstić information content (AvgIpc) is 2.46. The fourth-order valence-electron chi connectivity index (χ4n) is 2.36. The molecule has 0 bridgehead atoms. The van der Waals surface area contributed by atoms with Gasteiger partial charge < -0.3 is 4.89 Å². The fourth-order valence-corrected chi connectivity index (χ4v) is 3.28. The van der Waals surface area contributed by atoms with Gasteiger partial charge in [-0.15, -0.1) is 0 Å². The summed E-state index contributed by atoms with van der Waals surface area (Å²) in [5.41, 5.74) is 1.81. The summed E-state index contributed by atoms with van der Waals surface area (Å²) in [5, 5.41) is 2.40. The van der Waals surface area contributed by atoms with Crippen molar-refractivity contribution in [3.05, 3.63) is 66.7 Å². The van der Waals surface area contributed by atoms with Crippen LogP contribution in [-0.4, -0.2) is 4.89 Å². The van der Waals surface area contributed by atoms with Gasteiger partial charge in [0.05, 0.1) is 0 Å². The Morgan fingerprint density at radius 3 is 2.21 bits per heavy atom. The number of fused-ring (bicyclic) bond motifs is 1. The molecule has 0 fully saturated rings. The van der Waals surface area contributed by atoms with Gasteiger partial charge in [-0.3, -0.25) is 4.57 Å². The number of hydrogen-bond donors (Lipinski definition) is 1. The molecule has 0 spiro atoms. The van der Waals surface area contributed by atoms with E-state index in [0.717, 1.165) is 21.9 Å². The molecule has 3 rings (SSSR count). The van der Waals surface area contributed by atoms with Crippen molar-refractivity contribution in [1.82, 2.24) is 0 Å². The summed E-state index contributed by atoms with van der Waals surface area (Å²) in [6, 6.07) is 21.3. The van der Waals surface area contributed by atoms with Gasteiger partial charge in [-0.1, -0.05) is 66.7 Å². The molecule has 0 saturated carbocycles. The van der Waals surface area contributed by atoms with Crippen LogP contribution < -0.4 is 5.30 Å². The maximum Gasteiger partial charge on any atom is 0.219 e. The van der Waals surface area contributed by atoms with E-state index < -0.39 is 8.03 Å². The lowest BCUT2D eigenvalue weighted by atomic mass is 10.0. The Balaban J connectivity index is 2.37. The van der Waals surface area contributed by atoms with E-state index in [1.54, 1.807) is 0 Å². The normalized spacial score (nSPS) is 12.5. The van der Waals surface area contributed by atoms with Crippen molar-refractivity contribution >= 4 is 24.1 Å². The molecule has 2 nitrogen and oxygen atoms in total. The van der Waals surface area contributed by atoms with Crippen LogP contribution in [0.25, 0.3) is 21.9 Å². The van der Waals surface area contributed by atoms with Crippen LogP contribution in [0.4, 0.5) is 0 Å². The van der Waals surface area contributed by atoms with Crippen LogP contribution in [0.2, 0.25) is 0 Å². The SMILES string of the molecule is O=[PH](O)c1c(-c2ccccc2)ccc2ccccc12. The number of benzene rings is 3. The average molecular weight is 268 g/mol. The monoisotopic (exact) mass is 268 g/mol. The van der Waals surface area contributed by atoms with E-state index in [1.807, 2.05) is 66.7 Å². The van der Waals surface area contributed by atoms with E-state index >= 15 is 0 Å². The Morgan fingerprint density at radius 1 is 0.789 bits per heavy atom. The Labute approximate surface area is 112 Å². The first-order valence-electron chi connectivity index (χ1n) is 6.08. The van der Waals surface area contributed by atoms with E-state index in [4.69, 9.17) is 0 Å². The summed E-state index contributed by atoms with van der Waals surface area (Å²) >= 11 is 0. The standard InChI is InChI=1S/C16H13O2P/c17-19(18)16-14-9-5-4-8-13(14)10-11-15(16)12-6-2-1-3-7-12/h1-11,19H,(H,17,18). The van der Waals surface area contributed by atoms with Crippen LogP contribution in [0.15, 0.2) is 66.7 Å². The molecule has 0 amide bonds. The van der Waals surface area contributed by atoms with Crippen molar-refractivity contribution < 1.29 is 9.46 Å². The van der Waals surface area contributed by atoms with Gasteiger partial charge >= 0.3 is 0 Å². The van der Waals surface area contributed by atoms with E-state index in [1.165, 1.54) is 0 Å². The molecule has 3 aromatic rings. The highest BCUT2D eigenvalue weighted by molar-refractivity contribution is 7.48. The molecule has 0 aliphatic rings. The third kappa shape index (κ3) is 2.21. The molecule has 0 heterocycles. The summed E-state index contributed by atoms with van der Waals surface area (Å²) in [5.74, 6) is 0. The van der Waals surface area contributed by atoms with Gasteiger partial charge in [-0.05, 0) is 21.9 Å². The molecule has 1 atom stereocenters. The lowest BCUT2D eigenvalue weighted by Crippen LogP contribution is -2.03. The highest BCUT2D eigenvalue weighted by Crippen LogP contribution is 2.30. The van der Waals surface area contributed by atoms with E-state index in [9.17, 15) is 9.46 Å². The molecule has 3 aromatic carbocycles. The van der Waals surface area contributed by atoms with Gasteiger partial charge in [-0.2, -0.15) is 0 Å². The summed E-state index contributed by atoms with van der Waals surface area (Å²) in [7, 11) is -2.76. The first kappa shape index (κ1) is 12.2. The Morgan fingerprint density at radius 2 is 1.47 bits per heavy atom. The van der Waals surface area contributed by atoms with Gasteiger partial charge in [0.2, 0.25) is 8.03 Å². The molecule has 0 aliphatic heterocycles. The smallest absolute Gasteiger partial charge is 0.219 e. The fraction of sp³-hybridized carbons (Fsp3) is 0. The van der Waals surface area contributed by atoms with Gasteiger partial charge in [0.25, 0.3) is 0 Å². The van der Waals surface area contributed by atoms with Crippen LogP contribution in [0.3, 0.4) is 0 Å². The molecular weight excluding hydrogens is 255 g/mol. The predicted molar refractivity (Wildman–Crippen MR) is 80.2 cm³/mol. The molecule has 0 saturated heterocycles. The van der Waals surface area contributed by atoms with Crippen LogP contribution >= 0.6 is 8.03 Å². The molecular formula is C16H13O2P. The van der Waals surface area contributed by atoms with Crippen molar-refractivity contribution in [3.63, 3.8) is 0 Å². The molecule has 19 heavy (non-hydrogen) atoms. The maximum absolute atomic E-state index is 11.8. The van der Waals surface area contributed by atoms with Crippen LogP contribution in [0, 0.1) is 0 Å². The minimum absolute atomic E-state index is 0.550. The van der Waals surface area contributed by atoms with E-state index in [2.05, 4.69) is 0 Å². The first-order chi connectivity index (χ1) is 9.27. The highest BCUT2D eigenvalue weighted by Gasteiger charge is 2.12. The quantitative estimate of drug-likeness (QED) is 0.721. The molecule has 1 N–H and O–H groups in total. The summed E-state index contributed by atoms with van der Waals surface area (Å²) in [6.45, 7) is 0. The maximum atomic E-state index is 11.8. The molecule has 3 heteroatoms. The Kier molecular flexibility index (Phi) is 3.20. The molecule has 94 valence electrons. The van der Waals surface area contributed by atoms with Crippen LogP contribution in [0.5, 0.6) is 0 Å². The number of hydrogen-bond acceptors (Lipinski definition) is 1. The van der Waals surface area contributed by atoms with Crippen molar-refractivity contribution in [1.29, 1.82) is 0 Å². The molecule has 0 aliphatic carbocycles. The van der Waals surface area contributed by atoms with E-state index in [0.29, 0.717) is 5.30 Å². The van der Waals surface area contributed by atoms with Crippen molar-refractivity contribution in [3.8, 4) is 11.1 Å². The zero-order chi connectivity index (χ0) is 13.2. The number of rotatable bonds is 2. The summed E-state index contributed by atoms with van der Waals surface area (Å²) in [6.07, 6.45) is 0.